The van der Waals surface area contributed by atoms with E-state index in [9.17, 15) is 9.18 Å². The van der Waals surface area contributed by atoms with Crippen LogP contribution in [0.25, 0.3) is 0 Å². The van der Waals surface area contributed by atoms with Crippen LogP contribution in [0, 0.1) is 5.82 Å². The quantitative estimate of drug-likeness (QED) is 0.695. The Morgan fingerprint density at radius 3 is 2.58 bits per heavy atom. The Morgan fingerprint density at radius 2 is 1.83 bits per heavy atom. The first kappa shape index (κ1) is 16.2. The van der Waals surface area contributed by atoms with Gasteiger partial charge in [0.1, 0.15) is 5.82 Å². The molecule has 5 nitrogen and oxygen atoms in total. The van der Waals surface area contributed by atoms with Crippen molar-refractivity contribution in [1.29, 1.82) is 0 Å². The highest BCUT2D eigenvalue weighted by Gasteiger charge is 2.10. The molecular formula is C17H14FN3O2S. The van der Waals surface area contributed by atoms with Crippen molar-refractivity contribution in [3.05, 3.63) is 77.4 Å². The Balaban J connectivity index is 1.50. The number of halogens is 1. The molecule has 3 rings (SSSR count). The van der Waals surface area contributed by atoms with Gasteiger partial charge in [0, 0.05) is 11.3 Å². The zero-order chi connectivity index (χ0) is 16.8. The number of hydrogen-bond acceptors (Lipinski definition) is 5. The summed E-state index contributed by atoms with van der Waals surface area (Å²) in [5.74, 6) is 0.464. The standard InChI is InChI=1S/C17H14FN3O2S/c18-14-8-6-12(7-9-14)11-24-17-21-20-15(23-17)10-19-16(22)13-4-2-1-3-5-13/h1-9H,10-11H2,(H,19,22). The Kier molecular flexibility index (Phi) is 5.22. The average Bonchev–Trinajstić information content (AvgIpc) is 3.08. The third-order valence-corrected chi connectivity index (χ3v) is 4.05. The SMILES string of the molecule is O=C(NCc1nnc(SCc2ccc(F)cc2)o1)c1ccccc1. The second-order valence-electron chi connectivity index (χ2n) is 4.93. The van der Waals surface area contributed by atoms with Crippen LogP contribution in [-0.4, -0.2) is 16.1 Å². The second kappa shape index (κ2) is 7.74. The maximum atomic E-state index is 12.8. The van der Waals surface area contributed by atoms with Gasteiger partial charge in [-0.15, -0.1) is 10.2 Å². The number of benzene rings is 2. The van der Waals surface area contributed by atoms with Crippen molar-refractivity contribution < 1.29 is 13.6 Å². The highest BCUT2D eigenvalue weighted by Crippen LogP contribution is 2.21. The van der Waals surface area contributed by atoms with Gasteiger partial charge in [-0.05, 0) is 29.8 Å². The van der Waals surface area contributed by atoms with E-state index in [1.165, 1.54) is 23.9 Å². The number of hydrogen-bond donors (Lipinski definition) is 1. The van der Waals surface area contributed by atoms with Crippen LogP contribution in [0.2, 0.25) is 0 Å². The summed E-state index contributed by atoms with van der Waals surface area (Å²) in [6.45, 7) is 0.165. The van der Waals surface area contributed by atoms with Gasteiger partial charge >= 0.3 is 0 Å². The topological polar surface area (TPSA) is 68.0 Å². The summed E-state index contributed by atoms with van der Waals surface area (Å²) in [7, 11) is 0. The Hall–Kier alpha value is -2.67. The normalized spacial score (nSPS) is 10.5. The number of rotatable bonds is 6. The Morgan fingerprint density at radius 1 is 1.08 bits per heavy atom. The van der Waals surface area contributed by atoms with E-state index in [0.29, 0.717) is 22.4 Å². The van der Waals surface area contributed by atoms with Crippen molar-refractivity contribution in [2.45, 2.75) is 17.5 Å². The smallest absolute Gasteiger partial charge is 0.276 e. The molecule has 3 aromatic rings. The van der Waals surface area contributed by atoms with E-state index in [-0.39, 0.29) is 18.3 Å². The molecular weight excluding hydrogens is 329 g/mol. The predicted octanol–water partition coefficient (Wildman–Crippen LogP) is 3.43. The molecule has 0 saturated heterocycles. The number of aromatic nitrogens is 2. The maximum absolute atomic E-state index is 12.8. The van der Waals surface area contributed by atoms with Gasteiger partial charge in [-0.2, -0.15) is 0 Å². The molecule has 0 bridgehead atoms. The number of nitrogens with zero attached hydrogens (tertiary/aromatic N) is 2. The van der Waals surface area contributed by atoms with E-state index in [2.05, 4.69) is 15.5 Å². The van der Waals surface area contributed by atoms with Gasteiger partial charge in [0.15, 0.2) is 0 Å². The third-order valence-electron chi connectivity index (χ3n) is 3.16. The number of nitrogens with one attached hydrogen (secondary N) is 1. The average molecular weight is 343 g/mol. The lowest BCUT2D eigenvalue weighted by molar-refractivity contribution is 0.0946. The van der Waals surface area contributed by atoms with Crippen LogP contribution in [0.5, 0.6) is 0 Å². The van der Waals surface area contributed by atoms with E-state index < -0.39 is 0 Å². The highest BCUT2D eigenvalue weighted by molar-refractivity contribution is 7.98. The first-order chi connectivity index (χ1) is 11.7. The largest absolute Gasteiger partial charge is 0.414 e. The molecule has 0 saturated carbocycles. The summed E-state index contributed by atoms with van der Waals surface area (Å²) >= 11 is 1.36. The van der Waals surface area contributed by atoms with E-state index in [1.807, 2.05) is 6.07 Å². The van der Waals surface area contributed by atoms with Crippen molar-refractivity contribution in [2.75, 3.05) is 0 Å². The van der Waals surface area contributed by atoms with Crippen LogP contribution >= 0.6 is 11.8 Å². The van der Waals surface area contributed by atoms with E-state index in [1.54, 1.807) is 36.4 Å². The minimum Gasteiger partial charge on any atom is -0.414 e. The highest BCUT2D eigenvalue weighted by atomic mass is 32.2. The molecule has 0 radical (unpaired) electrons. The minimum absolute atomic E-state index is 0.165. The van der Waals surface area contributed by atoms with Crippen molar-refractivity contribution in [3.8, 4) is 0 Å². The van der Waals surface area contributed by atoms with Crippen LogP contribution in [0.15, 0.2) is 64.2 Å². The first-order valence-corrected chi connectivity index (χ1v) is 8.22. The Bertz CT molecular complexity index is 806. The second-order valence-corrected chi connectivity index (χ2v) is 5.85. The lowest BCUT2D eigenvalue weighted by atomic mass is 10.2. The molecule has 1 heterocycles. The molecule has 0 spiro atoms. The predicted molar refractivity (Wildman–Crippen MR) is 87.9 cm³/mol. The lowest BCUT2D eigenvalue weighted by Crippen LogP contribution is -2.22. The van der Waals surface area contributed by atoms with Gasteiger partial charge in [0.2, 0.25) is 5.89 Å². The molecule has 2 aromatic carbocycles. The van der Waals surface area contributed by atoms with Gasteiger partial charge in [0.25, 0.3) is 11.1 Å². The molecule has 0 aliphatic carbocycles. The van der Waals surface area contributed by atoms with Crippen molar-refractivity contribution in [1.82, 2.24) is 15.5 Å². The molecule has 0 aliphatic heterocycles. The molecule has 0 unspecified atom stereocenters. The zero-order valence-electron chi connectivity index (χ0n) is 12.6. The number of thioether (sulfide) groups is 1. The van der Waals surface area contributed by atoms with E-state index in [4.69, 9.17) is 4.42 Å². The van der Waals surface area contributed by atoms with Crippen LogP contribution < -0.4 is 5.32 Å². The summed E-state index contributed by atoms with van der Waals surface area (Å²) in [5.41, 5.74) is 1.53. The molecule has 0 atom stereocenters. The summed E-state index contributed by atoms with van der Waals surface area (Å²) in [6.07, 6.45) is 0. The molecule has 7 heteroatoms. The van der Waals surface area contributed by atoms with E-state index >= 15 is 0 Å². The molecule has 1 aromatic heterocycles. The fourth-order valence-corrected chi connectivity index (χ4v) is 2.68. The van der Waals surface area contributed by atoms with Crippen LogP contribution in [0.1, 0.15) is 21.8 Å². The minimum atomic E-state index is -0.266. The molecule has 122 valence electrons. The van der Waals surface area contributed by atoms with Gasteiger partial charge in [-0.25, -0.2) is 4.39 Å². The van der Waals surface area contributed by atoms with E-state index in [0.717, 1.165) is 5.56 Å². The van der Waals surface area contributed by atoms with Gasteiger partial charge in [0.05, 0.1) is 6.54 Å². The molecule has 1 amide bonds. The van der Waals surface area contributed by atoms with Crippen LogP contribution in [0.3, 0.4) is 0 Å². The summed E-state index contributed by atoms with van der Waals surface area (Å²) in [6, 6.07) is 15.1. The molecule has 24 heavy (non-hydrogen) atoms. The van der Waals surface area contributed by atoms with Crippen LogP contribution in [0.4, 0.5) is 4.39 Å². The van der Waals surface area contributed by atoms with Gasteiger partial charge < -0.3 is 9.73 Å². The molecule has 1 N–H and O–H groups in total. The Labute approximate surface area is 142 Å². The lowest BCUT2D eigenvalue weighted by Gasteiger charge is -2.01. The van der Waals surface area contributed by atoms with Crippen molar-refractivity contribution in [3.63, 3.8) is 0 Å². The number of carbonyl (C=O) groups excluding carboxylic acids is 1. The first-order valence-electron chi connectivity index (χ1n) is 7.23. The van der Waals surface area contributed by atoms with Crippen LogP contribution in [-0.2, 0) is 12.3 Å². The summed E-state index contributed by atoms with van der Waals surface area (Å²) in [5, 5.41) is 10.9. The van der Waals surface area contributed by atoms with Gasteiger partial charge in [-0.3, -0.25) is 4.79 Å². The third kappa shape index (κ3) is 4.42. The maximum Gasteiger partial charge on any atom is 0.276 e. The van der Waals surface area contributed by atoms with Gasteiger partial charge in [-0.1, -0.05) is 42.1 Å². The monoisotopic (exact) mass is 343 g/mol. The number of amides is 1. The summed E-state index contributed by atoms with van der Waals surface area (Å²) < 4.78 is 18.3. The zero-order valence-corrected chi connectivity index (χ0v) is 13.4. The number of carbonyl (C=O) groups is 1. The van der Waals surface area contributed by atoms with Crippen molar-refractivity contribution in [2.24, 2.45) is 0 Å². The van der Waals surface area contributed by atoms with Crippen molar-refractivity contribution >= 4 is 17.7 Å². The molecule has 0 fully saturated rings. The fraction of sp³-hybridized carbons (Fsp3) is 0.118. The fourth-order valence-electron chi connectivity index (χ4n) is 1.94. The molecule has 0 aliphatic rings. The summed E-state index contributed by atoms with van der Waals surface area (Å²) in [4.78, 5) is 11.9.